The van der Waals surface area contributed by atoms with Crippen molar-refractivity contribution in [3.8, 4) is 11.5 Å². The zero-order valence-corrected chi connectivity index (χ0v) is 14.4. The number of aromatic nitrogens is 2. The second-order valence-electron chi connectivity index (χ2n) is 6.22. The Balaban J connectivity index is 1.43. The van der Waals surface area contributed by atoms with Crippen molar-refractivity contribution < 1.29 is 14.3 Å². The molecule has 0 saturated carbocycles. The molecule has 0 spiro atoms. The lowest BCUT2D eigenvalue weighted by atomic mass is 10.0. The maximum absolute atomic E-state index is 12.4. The fraction of sp³-hybridized carbons (Fsp3) is 0.250. The third-order valence-corrected chi connectivity index (χ3v) is 4.41. The molecule has 1 aromatic carbocycles. The van der Waals surface area contributed by atoms with E-state index >= 15 is 0 Å². The van der Waals surface area contributed by atoms with E-state index in [2.05, 4.69) is 15.3 Å². The number of pyridine rings is 2. The van der Waals surface area contributed by atoms with Crippen molar-refractivity contribution in [3.05, 3.63) is 60.0 Å². The van der Waals surface area contributed by atoms with Crippen molar-refractivity contribution >= 4 is 16.8 Å². The van der Waals surface area contributed by atoms with Crippen LogP contribution >= 0.6 is 0 Å². The summed E-state index contributed by atoms with van der Waals surface area (Å²) in [6.07, 6.45) is 4.17. The van der Waals surface area contributed by atoms with Gasteiger partial charge in [0.2, 0.25) is 0 Å². The van der Waals surface area contributed by atoms with Crippen LogP contribution in [0.15, 0.2) is 48.8 Å². The molecule has 0 radical (unpaired) electrons. The minimum absolute atomic E-state index is 0.0592. The van der Waals surface area contributed by atoms with Crippen LogP contribution in [0, 0.1) is 6.92 Å². The third kappa shape index (κ3) is 3.31. The molecule has 0 fully saturated rings. The van der Waals surface area contributed by atoms with Crippen molar-refractivity contribution in [3.63, 3.8) is 0 Å². The normalized spacial score (nSPS) is 15.8. The van der Waals surface area contributed by atoms with E-state index in [0.29, 0.717) is 12.4 Å². The minimum Gasteiger partial charge on any atom is -0.493 e. The first kappa shape index (κ1) is 16.3. The zero-order chi connectivity index (χ0) is 17.9. The van der Waals surface area contributed by atoms with Gasteiger partial charge in [-0.3, -0.25) is 9.78 Å². The average Bonchev–Trinajstić information content (AvgIpc) is 2.66. The summed E-state index contributed by atoms with van der Waals surface area (Å²) in [5, 5.41) is 3.91. The summed E-state index contributed by atoms with van der Waals surface area (Å²) >= 11 is 0. The van der Waals surface area contributed by atoms with Crippen molar-refractivity contribution in [1.82, 2.24) is 15.3 Å². The van der Waals surface area contributed by atoms with Crippen LogP contribution in [0.5, 0.6) is 11.5 Å². The van der Waals surface area contributed by atoms with Crippen molar-refractivity contribution in [2.45, 2.75) is 19.4 Å². The Kier molecular flexibility index (Phi) is 4.39. The number of fused-ring (bicyclic) bond motifs is 2. The molecule has 2 aromatic heterocycles. The molecule has 0 aliphatic carbocycles. The number of carbonyl (C=O) groups excluding carboxylic acids is 1. The molecule has 1 amide bonds. The van der Waals surface area contributed by atoms with Crippen LogP contribution in [0.3, 0.4) is 0 Å². The van der Waals surface area contributed by atoms with E-state index < -0.39 is 0 Å². The van der Waals surface area contributed by atoms with Crippen LogP contribution in [0.4, 0.5) is 0 Å². The van der Waals surface area contributed by atoms with Gasteiger partial charge in [-0.1, -0.05) is 18.2 Å². The average molecular weight is 349 g/mol. The quantitative estimate of drug-likeness (QED) is 0.784. The summed E-state index contributed by atoms with van der Waals surface area (Å²) < 4.78 is 11.3. The number of hydrogen-bond donors (Lipinski definition) is 1. The lowest BCUT2D eigenvalue weighted by Gasteiger charge is -2.26. The van der Waals surface area contributed by atoms with Gasteiger partial charge in [0, 0.05) is 29.8 Å². The lowest BCUT2D eigenvalue weighted by molar-refractivity contribution is -0.124. The number of rotatable bonds is 4. The Labute approximate surface area is 151 Å². The molecule has 6 nitrogen and oxygen atoms in total. The molecule has 1 aliphatic heterocycles. The third-order valence-electron chi connectivity index (χ3n) is 4.41. The van der Waals surface area contributed by atoms with E-state index in [4.69, 9.17) is 9.47 Å². The molecule has 26 heavy (non-hydrogen) atoms. The van der Waals surface area contributed by atoms with Gasteiger partial charge in [0.15, 0.2) is 6.61 Å². The molecule has 0 bridgehead atoms. The van der Waals surface area contributed by atoms with Gasteiger partial charge in [0.05, 0.1) is 23.9 Å². The highest BCUT2D eigenvalue weighted by atomic mass is 16.5. The summed E-state index contributed by atoms with van der Waals surface area (Å²) in [5.41, 5.74) is 2.60. The fourth-order valence-corrected chi connectivity index (χ4v) is 3.11. The van der Waals surface area contributed by atoms with E-state index in [1.165, 1.54) is 0 Å². The molecule has 132 valence electrons. The first-order valence-corrected chi connectivity index (χ1v) is 8.56. The van der Waals surface area contributed by atoms with Crippen LogP contribution in [-0.4, -0.2) is 29.1 Å². The Morgan fingerprint density at radius 1 is 1.35 bits per heavy atom. The molecule has 1 aliphatic rings. The fourth-order valence-electron chi connectivity index (χ4n) is 3.11. The van der Waals surface area contributed by atoms with Gasteiger partial charge in [-0.2, -0.15) is 0 Å². The molecule has 1 atom stereocenters. The van der Waals surface area contributed by atoms with Crippen LogP contribution in [0.25, 0.3) is 10.9 Å². The van der Waals surface area contributed by atoms with E-state index in [9.17, 15) is 4.79 Å². The van der Waals surface area contributed by atoms with Gasteiger partial charge in [-0.25, -0.2) is 4.98 Å². The Bertz CT molecular complexity index is 958. The maximum Gasteiger partial charge on any atom is 0.258 e. The summed E-state index contributed by atoms with van der Waals surface area (Å²) in [4.78, 5) is 20.9. The first-order chi connectivity index (χ1) is 12.7. The van der Waals surface area contributed by atoms with E-state index in [0.717, 1.165) is 34.3 Å². The van der Waals surface area contributed by atoms with Crippen molar-refractivity contribution in [1.29, 1.82) is 0 Å². The number of nitrogens with one attached hydrogen (secondary N) is 1. The van der Waals surface area contributed by atoms with E-state index in [1.54, 1.807) is 12.4 Å². The van der Waals surface area contributed by atoms with Gasteiger partial charge >= 0.3 is 0 Å². The SMILES string of the molecule is Cc1nc2ccncc2cc1OCC(=O)N[C@@H]1CCOc2ccccc21. The molecular weight excluding hydrogens is 330 g/mol. The second-order valence-corrected chi connectivity index (χ2v) is 6.22. The van der Waals surface area contributed by atoms with Crippen LogP contribution < -0.4 is 14.8 Å². The van der Waals surface area contributed by atoms with E-state index in [1.807, 2.05) is 43.3 Å². The Hall–Kier alpha value is -3.15. The molecule has 0 unspecified atom stereocenters. The number of carbonyl (C=O) groups is 1. The van der Waals surface area contributed by atoms with E-state index in [-0.39, 0.29) is 18.6 Å². The Morgan fingerprint density at radius 3 is 3.15 bits per heavy atom. The summed E-state index contributed by atoms with van der Waals surface area (Å²) in [5.74, 6) is 1.25. The molecule has 6 heteroatoms. The predicted octanol–water partition coefficient (Wildman–Crippen LogP) is 2.96. The highest BCUT2D eigenvalue weighted by molar-refractivity contribution is 5.80. The first-order valence-electron chi connectivity index (χ1n) is 8.56. The van der Waals surface area contributed by atoms with Crippen LogP contribution in [0.1, 0.15) is 23.7 Å². The Morgan fingerprint density at radius 2 is 2.23 bits per heavy atom. The van der Waals surface area contributed by atoms with Crippen LogP contribution in [-0.2, 0) is 4.79 Å². The number of nitrogens with zero attached hydrogens (tertiary/aromatic N) is 2. The number of aryl methyl sites for hydroxylation is 1. The minimum atomic E-state index is -0.169. The molecule has 1 N–H and O–H groups in total. The molecule has 0 saturated heterocycles. The van der Waals surface area contributed by atoms with Crippen molar-refractivity contribution in [2.75, 3.05) is 13.2 Å². The van der Waals surface area contributed by atoms with Crippen LogP contribution in [0.2, 0.25) is 0 Å². The topological polar surface area (TPSA) is 73.3 Å². The maximum atomic E-state index is 12.4. The summed E-state index contributed by atoms with van der Waals surface area (Å²) in [7, 11) is 0. The smallest absolute Gasteiger partial charge is 0.258 e. The largest absolute Gasteiger partial charge is 0.493 e. The van der Waals surface area contributed by atoms with Gasteiger partial charge in [0.1, 0.15) is 11.5 Å². The molecule has 3 aromatic rings. The molecule has 4 rings (SSSR count). The van der Waals surface area contributed by atoms with Gasteiger partial charge in [-0.05, 0) is 25.1 Å². The number of ether oxygens (including phenoxy) is 2. The zero-order valence-electron chi connectivity index (χ0n) is 14.4. The summed E-state index contributed by atoms with van der Waals surface area (Å²) in [6, 6.07) is 11.4. The number of hydrogen-bond acceptors (Lipinski definition) is 5. The van der Waals surface area contributed by atoms with Crippen molar-refractivity contribution in [2.24, 2.45) is 0 Å². The predicted molar refractivity (Wildman–Crippen MR) is 97.2 cm³/mol. The van der Waals surface area contributed by atoms with Gasteiger partial charge in [-0.15, -0.1) is 0 Å². The van der Waals surface area contributed by atoms with Gasteiger partial charge in [0.25, 0.3) is 5.91 Å². The lowest BCUT2D eigenvalue weighted by Crippen LogP contribution is -2.35. The number of benzene rings is 1. The number of amides is 1. The highest BCUT2D eigenvalue weighted by Crippen LogP contribution is 2.31. The molecule has 3 heterocycles. The molecular formula is C20H19N3O3. The summed E-state index contributed by atoms with van der Waals surface area (Å²) in [6.45, 7) is 2.39. The number of para-hydroxylation sites is 1. The highest BCUT2D eigenvalue weighted by Gasteiger charge is 2.22. The monoisotopic (exact) mass is 349 g/mol. The van der Waals surface area contributed by atoms with Gasteiger partial charge < -0.3 is 14.8 Å². The second kappa shape index (κ2) is 7.00. The standard InChI is InChI=1S/C20H19N3O3/c1-13-19(10-14-11-21-8-6-16(14)22-13)26-12-20(24)23-17-7-9-25-18-5-3-2-4-15(17)18/h2-6,8,10-11,17H,7,9,12H2,1H3,(H,23,24)/t17-/m1/s1.